The monoisotopic (exact) mass is 348 g/mol. The summed E-state index contributed by atoms with van der Waals surface area (Å²) < 4.78 is 13.6. The first kappa shape index (κ1) is 14.6. The lowest BCUT2D eigenvalue weighted by molar-refractivity contribution is -0.130. The third kappa shape index (κ3) is 3.83. The highest BCUT2D eigenvalue weighted by Crippen LogP contribution is 2.31. The van der Waals surface area contributed by atoms with E-state index in [4.69, 9.17) is 11.6 Å². The first-order valence-corrected chi connectivity index (χ1v) is 7.41. The number of hydrogen-bond donors (Lipinski definition) is 1. The molecule has 2 rings (SSSR count). The molecule has 0 atom stereocenters. The summed E-state index contributed by atoms with van der Waals surface area (Å²) in [6, 6.07) is 2.54. The second kappa shape index (κ2) is 6.57. The molecular weight excluding hydrogens is 335 g/mol. The van der Waals surface area contributed by atoms with Crippen LogP contribution in [-0.4, -0.2) is 30.4 Å². The molecule has 0 aromatic heterocycles. The van der Waals surface area contributed by atoms with E-state index in [1.54, 1.807) is 0 Å². The standard InChI is InChI=1S/C13H15BrClFN2O/c14-10-6-9(16)7-11(15)13(10)17-8-12(19)18-4-2-1-3-5-18/h6-7,17H,1-5,8H2. The Morgan fingerprint density at radius 3 is 2.68 bits per heavy atom. The topological polar surface area (TPSA) is 32.3 Å². The average molecular weight is 350 g/mol. The van der Waals surface area contributed by atoms with E-state index in [9.17, 15) is 9.18 Å². The molecule has 1 N–H and O–H groups in total. The minimum Gasteiger partial charge on any atom is -0.374 e. The number of nitrogens with zero attached hydrogens (tertiary/aromatic N) is 1. The molecule has 1 amide bonds. The molecule has 1 heterocycles. The van der Waals surface area contributed by atoms with Gasteiger partial charge in [-0.2, -0.15) is 0 Å². The SMILES string of the molecule is O=C(CNc1c(Cl)cc(F)cc1Br)N1CCCCC1. The highest BCUT2D eigenvalue weighted by Gasteiger charge is 2.17. The van der Waals surface area contributed by atoms with E-state index in [0.717, 1.165) is 25.9 Å². The van der Waals surface area contributed by atoms with E-state index in [-0.39, 0.29) is 17.5 Å². The van der Waals surface area contributed by atoms with Crippen LogP contribution in [0.1, 0.15) is 19.3 Å². The number of likely N-dealkylation sites (tertiary alicyclic amines) is 1. The molecule has 1 fully saturated rings. The number of carbonyl (C=O) groups is 1. The van der Waals surface area contributed by atoms with Crippen LogP contribution in [0.5, 0.6) is 0 Å². The molecule has 6 heteroatoms. The lowest BCUT2D eigenvalue weighted by Crippen LogP contribution is -2.39. The van der Waals surface area contributed by atoms with Gasteiger partial charge in [-0.25, -0.2) is 4.39 Å². The number of rotatable bonds is 3. The Kier molecular flexibility index (Phi) is 5.05. The van der Waals surface area contributed by atoms with Crippen molar-refractivity contribution in [2.24, 2.45) is 0 Å². The maximum absolute atomic E-state index is 13.1. The Hall–Kier alpha value is -0.810. The van der Waals surface area contributed by atoms with Gasteiger partial charge in [0.1, 0.15) is 5.82 Å². The second-order valence-electron chi connectivity index (χ2n) is 4.54. The van der Waals surface area contributed by atoms with Crippen LogP contribution in [0.25, 0.3) is 0 Å². The van der Waals surface area contributed by atoms with E-state index < -0.39 is 5.82 Å². The quantitative estimate of drug-likeness (QED) is 0.903. The molecule has 1 aliphatic heterocycles. The lowest BCUT2D eigenvalue weighted by atomic mass is 10.1. The van der Waals surface area contributed by atoms with Crippen molar-refractivity contribution < 1.29 is 9.18 Å². The van der Waals surface area contributed by atoms with E-state index in [1.807, 2.05) is 4.90 Å². The van der Waals surface area contributed by atoms with Crippen molar-refractivity contribution in [3.05, 3.63) is 27.4 Å². The first-order chi connectivity index (χ1) is 9.08. The van der Waals surface area contributed by atoms with Crippen molar-refractivity contribution in [3.63, 3.8) is 0 Å². The summed E-state index contributed by atoms with van der Waals surface area (Å²) in [5, 5.41) is 3.23. The highest BCUT2D eigenvalue weighted by atomic mass is 79.9. The fraction of sp³-hybridized carbons (Fsp3) is 0.462. The Labute approximate surface area is 125 Å². The zero-order valence-electron chi connectivity index (χ0n) is 10.4. The van der Waals surface area contributed by atoms with Gasteiger partial charge in [-0.1, -0.05) is 11.6 Å². The number of hydrogen-bond acceptors (Lipinski definition) is 2. The first-order valence-electron chi connectivity index (χ1n) is 6.24. The van der Waals surface area contributed by atoms with Crippen molar-refractivity contribution in [1.29, 1.82) is 0 Å². The Morgan fingerprint density at radius 2 is 2.05 bits per heavy atom. The maximum atomic E-state index is 13.1. The Bertz CT molecular complexity index is 455. The van der Waals surface area contributed by atoms with Gasteiger partial charge in [-0.15, -0.1) is 0 Å². The lowest BCUT2D eigenvalue weighted by Gasteiger charge is -2.27. The Morgan fingerprint density at radius 1 is 1.37 bits per heavy atom. The van der Waals surface area contributed by atoms with Crippen LogP contribution in [0.4, 0.5) is 10.1 Å². The average Bonchev–Trinajstić information content (AvgIpc) is 2.38. The van der Waals surface area contributed by atoms with Crippen LogP contribution in [0.15, 0.2) is 16.6 Å². The number of amides is 1. The van der Waals surface area contributed by atoms with Gasteiger partial charge in [0.05, 0.1) is 17.3 Å². The number of carbonyl (C=O) groups excluding carboxylic acids is 1. The molecule has 1 aliphatic rings. The molecule has 0 aliphatic carbocycles. The van der Waals surface area contributed by atoms with Gasteiger partial charge in [0.25, 0.3) is 0 Å². The van der Waals surface area contributed by atoms with Crippen LogP contribution in [-0.2, 0) is 4.79 Å². The second-order valence-corrected chi connectivity index (χ2v) is 5.80. The van der Waals surface area contributed by atoms with Gasteiger partial charge in [0.2, 0.25) is 5.91 Å². The highest BCUT2D eigenvalue weighted by molar-refractivity contribution is 9.10. The van der Waals surface area contributed by atoms with Crippen LogP contribution in [0.2, 0.25) is 5.02 Å². The predicted octanol–water partition coefficient (Wildman–Crippen LogP) is 3.67. The van der Waals surface area contributed by atoms with Gasteiger partial charge in [0, 0.05) is 17.6 Å². The van der Waals surface area contributed by atoms with Crippen LogP contribution in [0.3, 0.4) is 0 Å². The largest absolute Gasteiger partial charge is 0.374 e. The normalized spacial score (nSPS) is 15.4. The molecule has 0 bridgehead atoms. The number of halogens is 3. The summed E-state index contributed by atoms with van der Waals surface area (Å²) in [5.41, 5.74) is 0.549. The minimum absolute atomic E-state index is 0.0481. The third-order valence-corrected chi connectivity index (χ3v) is 4.06. The minimum atomic E-state index is -0.412. The Balaban J connectivity index is 1.96. The predicted molar refractivity (Wildman–Crippen MR) is 78.0 cm³/mol. The summed E-state index contributed by atoms with van der Waals surface area (Å²) in [6.45, 7) is 1.81. The van der Waals surface area contributed by atoms with Gasteiger partial charge in [-0.05, 0) is 47.3 Å². The molecule has 104 valence electrons. The fourth-order valence-electron chi connectivity index (χ4n) is 2.13. The number of anilines is 1. The van der Waals surface area contributed by atoms with Gasteiger partial charge in [0.15, 0.2) is 0 Å². The zero-order valence-corrected chi connectivity index (χ0v) is 12.7. The van der Waals surface area contributed by atoms with E-state index in [1.165, 1.54) is 18.6 Å². The van der Waals surface area contributed by atoms with Crippen molar-refractivity contribution in [2.75, 3.05) is 25.0 Å². The van der Waals surface area contributed by atoms with Crippen LogP contribution < -0.4 is 5.32 Å². The van der Waals surface area contributed by atoms with Crippen LogP contribution in [0, 0.1) is 5.82 Å². The molecule has 1 saturated heterocycles. The molecule has 0 saturated carbocycles. The van der Waals surface area contributed by atoms with Crippen molar-refractivity contribution >= 4 is 39.1 Å². The molecule has 3 nitrogen and oxygen atoms in total. The smallest absolute Gasteiger partial charge is 0.241 e. The van der Waals surface area contributed by atoms with Crippen molar-refractivity contribution in [1.82, 2.24) is 4.90 Å². The zero-order chi connectivity index (χ0) is 13.8. The fourth-order valence-corrected chi connectivity index (χ4v) is 3.09. The van der Waals surface area contributed by atoms with Crippen molar-refractivity contribution in [2.45, 2.75) is 19.3 Å². The van der Waals surface area contributed by atoms with Gasteiger partial charge >= 0.3 is 0 Å². The molecular formula is C13H15BrClFN2O. The van der Waals surface area contributed by atoms with Gasteiger partial charge < -0.3 is 10.2 Å². The van der Waals surface area contributed by atoms with E-state index in [0.29, 0.717) is 10.2 Å². The summed E-state index contributed by atoms with van der Waals surface area (Å²) in [4.78, 5) is 13.8. The summed E-state index contributed by atoms with van der Waals surface area (Å²) >= 11 is 9.18. The number of piperidine rings is 1. The molecule has 1 aromatic carbocycles. The summed E-state index contributed by atoms with van der Waals surface area (Å²) in [7, 11) is 0. The summed E-state index contributed by atoms with van der Waals surface area (Å²) in [6.07, 6.45) is 3.31. The van der Waals surface area contributed by atoms with Crippen molar-refractivity contribution in [3.8, 4) is 0 Å². The van der Waals surface area contributed by atoms with Crippen LogP contribution >= 0.6 is 27.5 Å². The number of nitrogens with one attached hydrogen (secondary N) is 1. The third-order valence-electron chi connectivity index (χ3n) is 3.13. The van der Waals surface area contributed by atoms with Gasteiger partial charge in [-0.3, -0.25) is 4.79 Å². The maximum Gasteiger partial charge on any atom is 0.241 e. The number of benzene rings is 1. The van der Waals surface area contributed by atoms with E-state index >= 15 is 0 Å². The molecule has 0 unspecified atom stereocenters. The molecule has 19 heavy (non-hydrogen) atoms. The molecule has 0 radical (unpaired) electrons. The van der Waals surface area contributed by atoms with E-state index in [2.05, 4.69) is 21.2 Å². The molecule has 1 aromatic rings. The summed E-state index contributed by atoms with van der Waals surface area (Å²) in [5.74, 6) is -0.364. The molecule has 0 spiro atoms.